The van der Waals surface area contributed by atoms with Crippen molar-refractivity contribution < 1.29 is 0 Å². The summed E-state index contributed by atoms with van der Waals surface area (Å²) in [6, 6.07) is 0. The monoisotopic (exact) mass is 88.0 g/mol. The topological polar surface area (TPSA) is 0 Å². The third kappa shape index (κ3) is 0.457. The molecule has 0 spiro atoms. The van der Waals surface area contributed by atoms with Crippen LogP contribution in [0.5, 0.6) is 0 Å². The van der Waals surface area contributed by atoms with Gasteiger partial charge in [-0.15, -0.1) is 0 Å². The average molecular weight is 88.5 g/mol. The molecule has 0 aromatic rings. The standard InChI is InChI=1S/C4H5Cl/c1-3-2-4(3)5/h2H2,1H3. The van der Waals surface area contributed by atoms with Crippen LogP contribution >= 0.6 is 11.6 Å². The van der Waals surface area contributed by atoms with Gasteiger partial charge in [0.2, 0.25) is 0 Å². The lowest BCUT2D eigenvalue weighted by atomic mass is 10.6. The van der Waals surface area contributed by atoms with Crippen molar-refractivity contribution in [2.24, 2.45) is 0 Å². The van der Waals surface area contributed by atoms with E-state index in [4.69, 9.17) is 11.6 Å². The zero-order valence-corrected chi connectivity index (χ0v) is 3.84. The van der Waals surface area contributed by atoms with E-state index in [1.54, 1.807) is 0 Å². The third-order valence-electron chi connectivity index (χ3n) is 0.758. The van der Waals surface area contributed by atoms with Crippen molar-refractivity contribution in [3.8, 4) is 0 Å². The van der Waals surface area contributed by atoms with Crippen LogP contribution in [0.4, 0.5) is 0 Å². The van der Waals surface area contributed by atoms with Crippen LogP contribution in [0.1, 0.15) is 13.3 Å². The van der Waals surface area contributed by atoms with Crippen molar-refractivity contribution in [1.82, 2.24) is 0 Å². The fraction of sp³-hybridized carbons (Fsp3) is 0.500. The molecule has 0 heterocycles. The lowest BCUT2D eigenvalue weighted by Crippen LogP contribution is -1.26. The Balaban J connectivity index is 2.59. The molecular formula is C4H5Cl. The van der Waals surface area contributed by atoms with Crippen molar-refractivity contribution in [1.29, 1.82) is 0 Å². The van der Waals surface area contributed by atoms with Crippen molar-refractivity contribution in [3.05, 3.63) is 10.6 Å². The lowest BCUT2D eigenvalue weighted by Gasteiger charge is -1.45. The zero-order valence-electron chi connectivity index (χ0n) is 3.09. The molecule has 0 radical (unpaired) electrons. The molecule has 1 rings (SSSR count). The highest BCUT2D eigenvalue weighted by Crippen LogP contribution is 2.32. The second kappa shape index (κ2) is 0.749. The van der Waals surface area contributed by atoms with Gasteiger partial charge in [0.15, 0.2) is 0 Å². The number of rotatable bonds is 0. The van der Waals surface area contributed by atoms with Crippen LogP contribution in [0.15, 0.2) is 10.6 Å². The normalized spacial score (nSPS) is 20.4. The van der Waals surface area contributed by atoms with Gasteiger partial charge in [-0.1, -0.05) is 17.2 Å². The van der Waals surface area contributed by atoms with E-state index in [-0.39, 0.29) is 0 Å². The molecule has 1 aliphatic carbocycles. The number of halogens is 1. The van der Waals surface area contributed by atoms with Gasteiger partial charge in [0.05, 0.1) is 0 Å². The molecule has 0 bridgehead atoms. The SMILES string of the molecule is CC1=C(Cl)C1. The van der Waals surface area contributed by atoms with Crippen LogP contribution in [-0.2, 0) is 0 Å². The van der Waals surface area contributed by atoms with Crippen LogP contribution < -0.4 is 0 Å². The van der Waals surface area contributed by atoms with E-state index in [2.05, 4.69) is 0 Å². The minimum Gasteiger partial charge on any atom is -0.0888 e. The molecule has 0 fully saturated rings. The highest BCUT2D eigenvalue weighted by atomic mass is 35.5. The van der Waals surface area contributed by atoms with E-state index < -0.39 is 0 Å². The fourth-order valence-electron chi connectivity index (χ4n) is 0.189. The molecule has 0 atom stereocenters. The first-order valence-corrected chi connectivity index (χ1v) is 2.02. The smallest absolute Gasteiger partial charge is 0.0214 e. The van der Waals surface area contributed by atoms with Gasteiger partial charge in [-0.05, 0) is 6.92 Å². The molecule has 0 aliphatic heterocycles. The minimum atomic E-state index is 1.06. The fourth-order valence-corrected chi connectivity index (χ4v) is 0.389. The molecule has 0 amide bonds. The van der Waals surface area contributed by atoms with E-state index in [1.165, 1.54) is 5.57 Å². The molecule has 0 saturated heterocycles. The highest BCUT2D eigenvalue weighted by molar-refractivity contribution is 6.32. The zero-order chi connectivity index (χ0) is 3.86. The Kier molecular flexibility index (Phi) is 0.483. The first kappa shape index (κ1) is 3.23. The summed E-state index contributed by atoms with van der Waals surface area (Å²) in [7, 11) is 0. The molecule has 0 aromatic heterocycles. The molecule has 1 aliphatic rings. The summed E-state index contributed by atoms with van der Waals surface area (Å²) < 4.78 is 0. The molecule has 28 valence electrons. The summed E-state index contributed by atoms with van der Waals surface area (Å²) in [6.07, 6.45) is 1.07. The Hall–Kier alpha value is 0.0300. The van der Waals surface area contributed by atoms with Gasteiger partial charge in [0.1, 0.15) is 0 Å². The summed E-state index contributed by atoms with van der Waals surface area (Å²) >= 11 is 5.42. The number of allylic oxidation sites excluding steroid dienone is 2. The van der Waals surface area contributed by atoms with Crippen molar-refractivity contribution >= 4 is 11.6 Å². The van der Waals surface area contributed by atoms with Gasteiger partial charge >= 0.3 is 0 Å². The van der Waals surface area contributed by atoms with E-state index in [0.717, 1.165) is 11.5 Å². The molecule has 0 N–H and O–H groups in total. The van der Waals surface area contributed by atoms with Gasteiger partial charge < -0.3 is 0 Å². The quantitative estimate of drug-likeness (QED) is 0.424. The molecule has 0 unspecified atom stereocenters. The summed E-state index contributed by atoms with van der Waals surface area (Å²) in [5.41, 5.74) is 1.35. The Bertz CT molecular complexity index is 71.6. The molecule has 1 heteroatoms. The van der Waals surface area contributed by atoms with Crippen molar-refractivity contribution in [2.45, 2.75) is 13.3 Å². The first-order chi connectivity index (χ1) is 2.30. The van der Waals surface area contributed by atoms with Crippen molar-refractivity contribution in [3.63, 3.8) is 0 Å². The summed E-state index contributed by atoms with van der Waals surface area (Å²) in [6.45, 7) is 2.04. The van der Waals surface area contributed by atoms with Gasteiger partial charge in [-0.25, -0.2) is 0 Å². The van der Waals surface area contributed by atoms with E-state index in [9.17, 15) is 0 Å². The Morgan fingerprint density at radius 2 is 2.00 bits per heavy atom. The molecule has 0 aromatic carbocycles. The molecular weight excluding hydrogens is 83.5 g/mol. The average Bonchev–Trinajstić information content (AvgIpc) is 1.79. The van der Waals surface area contributed by atoms with Gasteiger partial charge in [-0.3, -0.25) is 0 Å². The van der Waals surface area contributed by atoms with Crippen LogP contribution in [0.3, 0.4) is 0 Å². The summed E-state index contributed by atoms with van der Waals surface area (Å²) in [5.74, 6) is 0. The van der Waals surface area contributed by atoms with Crippen LogP contribution in [0.2, 0.25) is 0 Å². The van der Waals surface area contributed by atoms with Gasteiger partial charge in [0, 0.05) is 11.5 Å². The predicted octanol–water partition coefficient (Wildman–Crippen LogP) is 1.90. The van der Waals surface area contributed by atoms with Gasteiger partial charge in [-0.2, -0.15) is 0 Å². The molecule has 0 nitrogen and oxygen atoms in total. The molecule has 5 heavy (non-hydrogen) atoms. The Labute approximate surface area is 36.4 Å². The third-order valence-corrected chi connectivity index (χ3v) is 1.21. The van der Waals surface area contributed by atoms with Crippen LogP contribution in [0.25, 0.3) is 0 Å². The van der Waals surface area contributed by atoms with Crippen molar-refractivity contribution in [2.75, 3.05) is 0 Å². The largest absolute Gasteiger partial charge is 0.0888 e. The van der Waals surface area contributed by atoms with Crippen LogP contribution in [-0.4, -0.2) is 0 Å². The molecule has 0 saturated carbocycles. The van der Waals surface area contributed by atoms with Crippen LogP contribution in [0, 0.1) is 0 Å². The number of hydrogen-bond donors (Lipinski definition) is 0. The van der Waals surface area contributed by atoms with E-state index in [0.29, 0.717) is 0 Å². The minimum absolute atomic E-state index is 1.06. The Morgan fingerprint density at radius 3 is 2.00 bits per heavy atom. The second-order valence-corrected chi connectivity index (χ2v) is 1.82. The summed E-state index contributed by atoms with van der Waals surface area (Å²) in [4.78, 5) is 0. The van der Waals surface area contributed by atoms with Gasteiger partial charge in [0.25, 0.3) is 0 Å². The highest BCUT2D eigenvalue weighted by Gasteiger charge is 2.11. The summed E-state index contributed by atoms with van der Waals surface area (Å²) in [5, 5.41) is 1.06. The predicted molar refractivity (Wildman–Crippen MR) is 23.2 cm³/mol. The maximum absolute atomic E-state index is 5.42. The number of hydrogen-bond acceptors (Lipinski definition) is 0. The maximum Gasteiger partial charge on any atom is 0.0214 e. The Morgan fingerprint density at radius 1 is 1.80 bits per heavy atom. The lowest BCUT2D eigenvalue weighted by molar-refractivity contribution is 1.48. The van der Waals surface area contributed by atoms with E-state index >= 15 is 0 Å². The maximum atomic E-state index is 5.42. The van der Waals surface area contributed by atoms with E-state index in [1.807, 2.05) is 6.92 Å². The first-order valence-electron chi connectivity index (χ1n) is 1.65. The second-order valence-electron chi connectivity index (χ2n) is 1.36.